The molecule has 0 spiro atoms. The number of rotatable bonds is 2. The molecule has 0 aliphatic heterocycles. The second-order valence-electron chi connectivity index (χ2n) is 3.60. The van der Waals surface area contributed by atoms with Crippen LogP contribution in [0.25, 0.3) is 0 Å². The standard InChI is InChI=1S/C12H10Cl2N2O/c13-12(14)9-5-4-8-11(12)16(17)15-10-6-2-1-3-7-10/h1-9,11H. The largest absolute Gasteiger partial charge is 0.599 e. The van der Waals surface area contributed by atoms with Crippen LogP contribution in [0.4, 0.5) is 5.69 Å². The number of hydrogen-bond acceptors (Lipinski definition) is 2. The van der Waals surface area contributed by atoms with Crippen LogP contribution in [-0.4, -0.2) is 15.2 Å². The molecule has 1 aliphatic rings. The molecule has 0 saturated heterocycles. The molecular weight excluding hydrogens is 259 g/mol. The van der Waals surface area contributed by atoms with E-state index in [1.54, 1.807) is 48.6 Å². The van der Waals surface area contributed by atoms with Gasteiger partial charge in [-0.2, -0.15) is 0 Å². The van der Waals surface area contributed by atoms with Crippen molar-refractivity contribution in [2.75, 3.05) is 0 Å². The van der Waals surface area contributed by atoms with E-state index in [0.29, 0.717) is 10.5 Å². The zero-order valence-electron chi connectivity index (χ0n) is 8.83. The summed E-state index contributed by atoms with van der Waals surface area (Å²) in [6.07, 6.45) is 6.61. The molecule has 0 N–H and O–H groups in total. The van der Waals surface area contributed by atoms with Crippen molar-refractivity contribution in [3.63, 3.8) is 0 Å². The summed E-state index contributed by atoms with van der Waals surface area (Å²) >= 11 is 12.0. The van der Waals surface area contributed by atoms with Crippen LogP contribution in [0.3, 0.4) is 0 Å². The molecule has 1 aromatic rings. The maximum Gasteiger partial charge on any atom is 0.244 e. The Morgan fingerprint density at radius 3 is 2.53 bits per heavy atom. The van der Waals surface area contributed by atoms with E-state index in [4.69, 9.17) is 23.2 Å². The van der Waals surface area contributed by atoms with Crippen LogP contribution in [0.1, 0.15) is 0 Å². The van der Waals surface area contributed by atoms with Gasteiger partial charge < -0.3 is 5.21 Å². The third-order valence-electron chi connectivity index (χ3n) is 2.33. The van der Waals surface area contributed by atoms with Crippen LogP contribution in [0.15, 0.2) is 59.8 Å². The molecule has 3 nitrogen and oxygen atoms in total. The Labute approximate surface area is 109 Å². The molecule has 1 aromatic carbocycles. The van der Waals surface area contributed by atoms with Crippen molar-refractivity contribution in [3.05, 3.63) is 59.8 Å². The normalized spacial score (nSPS) is 22.7. The van der Waals surface area contributed by atoms with Gasteiger partial charge in [0, 0.05) is 5.11 Å². The summed E-state index contributed by atoms with van der Waals surface area (Å²) in [7, 11) is 0. The van der Waals surface area contributed by atoms with Gasteiger partial charge in [0.25, 0.3) is 0 Å². The summed E-state index contributed by atoms with van der Waals surface area (Å²) in [6, 6.07) is 8.20. The summed E-state index contributed by atoms with van der Waals surface area (Å²) in [5.74, 6) is 0. The highest BCUT2D eigenvalue weighted by atomic mass is 35.5. The number of nitrogens with zero attached hydrogens (tertiary/aromatic N) is 2. The molecule has 2 rings (SSSR count). The highest BCUT2D eigenvalue weighted by molar-refractivity contribution is 6.50. The van der Waals surface area contributed by atoms with Gasteiger partial charge in [-0.3, -0.25) is 0 Å². The van der Waals surface area contributed by atoms with Gasteiger partial charge in [-0.15, -0.1) is 0 Å². The Balaban J connectivity index is 2.26. The first-order valence-corrected chi connectivity index (χ1v) is 5.82. The highest BCUT2D eigenvalue weighted by Crippen LogP contribution is 2.32. The zero-order chi connectivity index (χ0) is 12.3. The Bertz CT molecular complexity index is 481. The van der Waals surface area contributed by atoms with Gasteiger partial charge in [-0.1, -0.05) is 58.4 Å². The SMILES string of the molecule is [O-][N+](=Nc1ccccc1)C1C=CC=CC1(Cl)Cl. The number of allylic oxidation sites excluding steroid dienone is 2. The lowest BCUT2D eigenvalue weighted by molar-refractivity contribution is -0.552. The predicted octanol–water partition coefficient (Wildman–Crippen LogP) is 3.95. The van der Waals surface area contributed by atoms with Crippen LogP contribution >= 0.6 is 23.2 Å². The quantitative estimate of drug-likeness (QED) is 0.346. The van der Waals surface area contributed by atoms with Crippen molar-refractivity contribution in [2.24, 2.45) is 5.11 Å². The van der Waals surface area contributed by atoms with Crippen molar-refractivity contribution < 1.29 is 4.86 Å². The average molecular weight is 269 g/mol. The number of hydrogen-bond donors (Lipinski definition) is 0. The van der Waals surface area contributed by atoms with Crippen molar-refractivity contribution in [1.82, 2.24) is 0 Å². The second kappa shape index (κ2) is 4.90. The van der Waals surface area contributed by atoms with E-state index in [1.807, 2.05) is 6.07 Å². The van der Waals surface area contributed by atoms with Crippen LogP contribution < -0.4 is 0 Å². The summed E-state index contributed by atoms with van der Waals surface area (Å²) < 4.78 is -1.26. The van der Waals surface area contributed by atoms with Crippen LogP contribution in [-0.2, 0) is 0 Å². The minimum atomic E-state index is -1.26. The summed E-state index contributed by atoms with van der Waals surface area (Å²) in [6.45, 7) is 0. The van der Waals surface area contributed by atoms with Crippen LogP contribution in [0, 0.1) is 5.21 Å². The summed E-state index contributed by atoms with van der Waals surface area (Å²) in [4.78, 5) is 0.523. The highest BCUT2D eigenvalue weighted by Gasteiger charge is 2.39. The van der Waals surface area contributed by atoms with E-state index in [0.717, 1.165) is 0 Å². The van der Waals surface area contributed by atoms with E-state index in [2.05, 4.69) is 5.11 Å². The lowest BCUT2D eigenvalue weighted by atomic mass is 10.1. The van der Waals surface area contributed by atoms with Crippen molar-refractivity contribution in [2.45, 2.75) is 10.4 Å². The van der Waals surface area contributed by atoms with Gasteiger partial charge in [-0.05, 0) is 24.3 Å². The molecule has 0 saturated carbocycles. The predicted molar refractivity (Wildman–Crippen MR) is 68.7 cm³/mol. The van der Waals surface area contributed by atoms with Gasteiger partial charge in [0.2, 0.25) is 10.4 Å². The van der Waals surface area contributed by atoms with E-state index in [9.17, 15) is 5.21 Å². The van der Waals surface area contributed by atoms with E-state index in [-0.39, 0.29) is 0 Å². The molecule has 1 unspecified atom stereocenters. The molecule has 0 bridgehead atoms. The van der Waals surface area contributed by atoms with Crippen molar-refractivity contribution in [3.8, 4) is 0 Å². The fraction of sp³-hybridized carbons (Fsp3) is 0.167. The lowest BCUT2D eigenvalue weighted by Gasteiger charge is -2.22. The Morgan fingerprint density at radius 2 is 1.88 bits per heavy atom. The van der Waals surface area contributed by atoms with Crippen LogP contribution in [0.2, 0.25) is 0 Å². The summed E-state index contributed by atoms with van der Waals surface area (Å²) in [5.41, 5.74) is 0.564. The molecule has 1 atom stereocenters. The van der Waals surface area contributed by atoms with Crippen molar-refractivity contribution in [1.29, 1.82) is 0 Å². The fourth-order valence-electron chi connectivity index (χ4n) is 1.47. The monoisotopic (exact) mass is 268 g/mol. The number of benzene rings is 1. The third-order valence-corrected chi connectivity index (χ3v) is 3.02. The minimum Gasteiger partial charge on any atom is -0.599 e. The first kappa shape index (κ1) is 12.1. The topological polar surface area (TPSA) is 38.4 Å². The molecular formula is C12H10Cl2N2O. The number of hydroxylamine groups is 1. The van der Waals surface area contributed by atoms with Gasteiger partial charge in [0.05, 0.1) is 0 Å². The van der Waals surface area contributed by atoms with Gasteiger partial charge in [-0.25, -0.2) is 0 Å². The van der Waals surface area contributed by atoms with Crippen molar-refractivity contribution >= 4 is 28.9 Å². The number of azo groups is 1. The molecule has 5 heteroatoms. The number of alkyl halides is 2. The molecule has 17 heavy (non-hydrogen) atoms. The number of halogens is 2. The summed E-state index contributed by atoms with van der Waals surface area (Å²) in [5, 5.41) is 15.8. The van der Waals surface area contributed by atoms with Gasteiger partial charge in [0.1, 0.15) is 5.69 Å². The lowest BCUT2D eigenvalue weighted by Crippen LogP contribution is -2.36. The zero-order valence-corrected chi connectivity index (χ0v) is 10.3. The fourth-order valence-corrected chi connectivity index (χ4v) is 1.93. The molecule has 0 heterocycles. The maximum absolute atomic E-state index is 11.9. The Hall–Kier alpha value is -1.32. The molecule has 1 aliphatic carbocycles. The Morgan fingerprint density at radius 1 is 1.18 bits per heavy atom. The molecule has 0 fully saturated rings. The molecule has 0 aromatic heterocycles. The molecule has 0 amide bonds. The maximum atomic E-state index is 11.9. The molecule has 0 radical (unpaired) electrons. The average Bonchev–Trinajstić information content (AvgIpc) is 2.29. The van der Waals surface area contributed by atoms with E-state index >= 15 is 0 Å². The first-order valence-electron chi connectivity index (χ1n) is 5.06. The van der Waals surface area contributed by atoms with E-state index in [1.165, 1.54) is 0 Å². The first-order chi connectivity index (χ1) is 8.09. The van der Waals surface area contributed by atoms with Gasteiger partial charge in [0.15, 0.2) is 0 Å². The minimum absolute atomic E-state index is 0.523. The Kier molecular flexibility index (Phi) is 3.50. The molecule has 88 valence electrons. The van der Waals surface area contributed by atoms with Gasteiger partial charge >= 0.3 is 0 Å². The smallest absolute Gasteiger partial charge is 0.244 e. The van der Waals surface area contributed by atoms with E-state index < -0.39 is 10.4 Å². The van der Waals surface area contributed by atoms with Crippen LogP contribution in [0.5, 0.6) is 0 Å². The third kappa shape index (κ3) is 2.87. The second-order valence-corrected chi connectivity index (χ2v) is 5.05.